The van der Waals surface area contributed by atoms with Crippen LogP contribution in [0.4, 0.5) is 0 Å². The Morgan fingerprint density at radius 3 is 2.75 bits per heavy atom. The maximum absolute atomic E-state index is 2.85. The maximum Gasteiger partial charge on any atom is 0.0135 e. The Hall–Kier alpha value is -0.300. The molecule has 1 saturated heterocycles. The molecule has 112 valence electrons. The summed E-state index contributed by atoms with van der Waals surface area (Å²) in [4.78, 5) is 2.85. The summed E-state index contributed by atoms with van der Waals surface area (Å²) in [7, 11) is 0. The van der Waals surface area contributed by atoms with Gasteiger partial charge in [0.15, 0.2) is 0 Å². The molecule has 2 unspecified atom stereocenters. The van der Waals surface area contributed by atoms with Crippen LogP contribution in [0.2, 0.25) is 0 Å². The minimum Gasteiger partial charge on any atom is -0.298 e. The summed E-state index contributed by atoms with van der Waals surface area (Å²) in [6.45, 7) is 11.1. The van der Waals surface area contributed by atoms with Crippen molar-refractivity contribution in [1.29, 1.82) is 0 Å². The fourth-order valence-corrected chi connectivity index (χ4v) is 6.75. The van der Waals surface area contributed by atoms with Crippen molar-refractivity contribution in [2.45, 2.75) is 78.3 Å². The molecule has 1 heterocycles. The predicted molar refractivity (Wildman–Crippen MR) is 84.6 cm³/mol. The van der Waals surface area contributed by atoms with E-state index >= 15 is 0 Å². The van der Waals surface area contributed by atoms with Gasteiger partial charge in [0.25, 0.3) is 0 Å². The van der Waals surface area contributed by atoms with Gasteiger partial charge in [-0.05, 0) is 77.2 Å². The fourth-order valence-electron chi connectivity index (χ4n) is 6.75. The Bertz CT molecular complexity index is 449. The van der Waals surface area contributed by atoms with Crippen LogP contribution < -0.4 is 0 Å². The SMILES string of the molecule is CCC1=C(C)C2CC2[C@]12CCN(C(C)C)[C@H]1CCC[C@H]12. The first kappa shape index (κ1) is 13.4. The van der Waals surface area contributed by atoms with E-state index in [0.717, 1.165) is 29.8 Å². The van der Waals surface area contributed by atoms with E-state index in [0.29, 0.717) is 5.41 Å². The normalized spacial score (nSPS) is 47.2. The highest BCUT2D eigenvalue weighted by Crippen LogP contribution is 2.72. The summed E-state index contributed by atoms with van der Waals surface area (Å²) >= 11 is 0. The second kappa shape index (κ2) is 4.35. The number of hydrogen-bond acceptors (Lipinski definition) is 1. The van der Waals surface area contributed by atoms with Crippen molar-refractivity contribution in [3.63, 3.8) is 0 Å². The van der Waals surface area contributed by atoms with Crippen molar-refractivity contribution in [1.82, 2.24) is 4.90 Å². The minimum atomic E-state index is 0.649. The predicted octanol–water partition coefficient (Wildman–Crippen LogP) is 4.63. The lowest BCUT2D eigenvalue weighted by molar-refractivity contribution is -0.00955. The van der Waals surface area contributed by atoms with Gasteiger partial charge in [0.2, 0.25) is 0 Å². The van der Waals surface area contributed by atoms with Crippen molar-refractivity contribution in [2.24, 2.45) is 23.2 Å². The lowest BCUT2D eigenvalue weighted by Crippen LogP contribution is -2.55. The van der Waals surface area contributed by atoms with Gasteiger partial charge in [-0.15, -0.1) is 0 Å². The second-order valence-corrected chi connectivity index (χ2v) is 8.19. The molecule has 0 N–H and O–H groups in total. The zero-order chi connectivity index (χ0) is 14.1. The van der Waals surface area contributed by atoms with E-state index in [4.69, 9.17) is 0 Å². The molecular formula is C19H31N. The van der Waals surface area contributed by atoms with Gasteiger partial charge in [0.1, 0.15) is 0 Å². The van der Waals surface area contributed by atoms with Crippen LogP contribution in [0.1, 0.15) is 66.2 Å². The average molecular weight is 273 g/mol. The Kier molecular flexibility index (Phi) is 2.91. The number of nitrogens with zero attached hydrogens (tertiary/aromatic N) is 1. The molecule has 0 aromatic heterocycles. The first-order valence-corrected chi connectivity index (χ1v) is 9.07. The summed E-state index contributed by atoms with van der Waals surface area (Å²) in [6, 6.07) is 1.64. The molecule has 1 aliphatic heterocycles. The monoisotopic (exact) mass is 273 g/mol. The maximum atomic E-state index is 2.85. The molecule has 0 radical (unpaired) electrons. The Labute approximate surface area is 124 Å². The number of allylic oxidation sites excluding steroid dienone is 2. The van der Waals surface area contributed by atoms with Gasteiger partial charge in [-0.2, -0.15) is 0 Å². The molecule has 0 bridgehead atoms. The summed E-state index contributed by atoms with van der Waals surface area (Å²) in [6.07, 6.45) is 8.78. The molecule has 0 aromatic rings. The Morgan fingerprint density at radius 2 is 2.05 bits per heavy atom. The number of likely N-dealkylation sites (tertiary alicyclic amines) is 1. The van der Waals surface area contributed by atoms with Gasteiger partial charge in [-0.25, -0.2) is 0 Å². The lowest BCUT2D eigenvalue weighted by Gasteiger charge is -2.53. The van der Waals surface area contributed by atoms with Gasteiger partial charge in [0, 0.05) is 17.5 Å². The van der Waals surface area contributed by atoms with Crippen molar-refractivity contribution < 1.29 is 0 Å². The third kappa shape index (κ3) is 1.48. The van der Waals surface area contributed by atoms with Crippen molar-refractivity contribution in [3.8, 4) is 0 Å². The molecular weight excluding hydrogens is 242 g/mol. The van der Waals surface area contributed by atoms with Gasteiger partial charge < -0.3 is 0 Å². The van der Waals surface area contributed by atoms with Crippen LogP contribution >= 0.6 is 0 Å². The molecule has 4 aliphatic rings. The van der Waals surface area contributed by atoms with Crippen LogP contribution in [-0.4, -0.2) is 23.5 Å². The van der Waals surface area contributed by atoms with Gasteiger partial charge >= 0.3 is 0 Å². The van der Waals surface area contributed by atoms with E-state index in [9.17, 15) is 0 Å². The summed E-state index contributed by atoms with van der Waals surface area (Å²) in [5.41, 5.74) is 4.39. The molecule has 3 aliphatic carbocycles. The Balaban J connectivity index is 1.74. The topological polar surface area (TPSA) is 3.24 Å². The van der Waals surface area contributed by atoms with E-state index in [2.05, 4.69) is 32.6 Å². The zero-order valence-corrected chi connectivity index (χ0v) is 13.8. The number of fused-ring (bicyclic) bond motifs is 4. The molecule has 20 heavy (non-hydrogen) atoms. The average Bonchev–Trinajstić information content (AvgIpc) is 3.01. The standard InChI is InChI=1S/C19H31N/c1-5-15-13(4)14-11-17(14)19(15)9-10-20(12(2)3)18-8-6-7-16(18)19/h12,14,16-18H,5-11H2,1-4H3/t14?,16-,17?,18+,19-/m1/s1. The van der Waals surface area contributed by atoms with Gasteiger partial charge in [0.05, 0.1) is 0 Å². The number of hydrogen-bond donors (Lipinski definition) is 0. The van der Waals surface area contributed by atoms with Crippen LogP contribution in [-0.2, 0) is 0 Å². The molecule has 0 amide bonds. The molecule has 1 heteroatoms. The smallest absolute Gasteiger partial charge is 0.0135 e. The van der Waals surface area contributed by atoms with Crippen LogP contribution in [0, 0.1) is 23.2 Å². The largest absolute Gasteiger partial charge is 0.298 e. The van der Waals surface area contributed by atoms with Gasteiger partial charge in [-0.3, -0.25) is 4.90 Å². The van der Waals surface area contributed by atoms with Crippen LogP contribution in [0.5, 0.6) is 0 Å². The molecule has 2 saturated carbocycles. The first-order valence-electron chi connectivity index (χ1n) is 9.07. The highest BCUT2D eigenvalue weighted by atomic mass is 15.2. The molecule has 5 atom stereocenters. The van der Waals surface area contributed by atoms with Crippen LogP contribution in [0.3, 0.4) is 0 Å². The first-order chi connectivity index (χ1) is 9.61. The molecule has 3 fully saturated rings. The van der Waals surface area contributed by atoms with Crippen LogP contribution in [0.15, 0.2) is 11.1 Å². The molecule has 1 nitrogen and oxygen atoms in total. The van der Waals surface area contributed by atoms with Crippen molar-refractivity contribution >= 4 is 0 Å². The van der Waals surface area contributed by atoms with E-state index in [1.54, 1.807) is 0 Å². The molecule has 0 aromatic carbocycles. The number of rotatable bonds is 2. The number of piperidine rings is 1. The lowest BCUT2D eigenvalue weighted by atomic mass is 9.61. The second-order valence-electron chi connectivity index (χ2n) is 8.19. The highest BCUT2D eigenvalue weighted by Gasteiger charge is 2.66. The van der Waals surface area contributed by atoms with Crippen LogP contribution in [0.25, 0.3) is 0 Å². The van der Waals surface area contributed by atoms with Gasteiger partial charge in [-0.1, -0.05) is 24.5 Å². The zero-order valence-electron chi connectivity index (χ0n) is 13.8. The van der Waals surface area contributed by atoms with Crippen molar-refractivity contribution in [2.75, 3.05) is 6.54 Å². The van der Waals surface area contributed by atoms with E-state index in [1.165, 1.54) is 45.1 Å². The molecule has 4 rings (SSSR count). The summed E-state index contributed by atoms with van der Waals surface area (Å²) < 4.78 is 0. The third-order valence-electron chi connectivity index (χ3n) is 7.41. The quantitative estimate of drug-likeness (QED) is 0.663. The van der Waals surface area contributed by atoms with Crippen molar-refractivity contribution in [3.05, 3.63) is 11.1 Å². The minimum absolute atomic E-state index is 0.649. The van der Waals surface area contributed by atoms with E-state index in [-0.39, 0.29) is 0 Å². The molecule has 1 spiro atoms. The van der Waals surface area contributed by atoms with E-state index < -0.39 is 0 Å². The Morgan fingerprint density at radius 1 is 1.25 bits per heavy atom. The van der Waals surface area contributed by atoms with E-state index in [1.807, 2.05) is 11.1 Å². The fraction of sp³-hybridized carbons (Fsp3) is 0.895. The summed E-state index contributed by atoms with van der Waals surface area (Å²) in [5, 5.41) is 0. The third-order valence-corrected chi connectivity index (χ3v) is 7.41. The summed E-state index contributed by atoms with van der Waals surface area (Å²) in [5.74, 6) is 3.04. The highest BCUT2D eigenvalue weighted by molar-refractivity contribution is 5.40.